The van der Waals surface area contributed by atoms with Gasteiger partial charge in [-0.3, -0.25) is 4.79 Å². The van der Waals surface area contributed by atoms with Crippen molar-refractivity contribution >= 4 is 23.6 Å². The van der Waals surface area contributed by atoms with Gasteiger partial charge in [0.05, 0.1) is 5.37 Å². The molecule has 0 spiro atoms. The normalized spacial score (nSPS) is 29.0. The van der Waals surface area contributed by atoms with E-state index in [9.17, 15) is 9.59 Å². The minimum absolute atomic E-state index is 0.0106. The van der Waals surface area contributed by atoms with Crippen molar-refractivity contribution in [3.8, 4) is 0 Å². The highest BCUT2D eigenvalue weighted by Crippen LogP contribution is 2.28. The minimum Gasteiger partial charge on any atom is -0.480 e. The van der Waals surface area contributed by atoms with Crippen molar-refractivity contribution < 1.29 is 14.7 Å². The third kappa shape index (κ3) is 1.55. The Morgan fingerprint density at radius 2 is 2.17 bits per heavy atom. The molecular formula is C7H11NO3S. The van der Waals surface area contributed by atoms with E-state index in [-0.39, 0.29) is 11.3 Å². The number of hydrogen-bond acceptors (Lipinski definition) is 3. The fourth-order valence-corrected chi connectivity index (χ4v) is 2.53. The van der Waals surface area contributed by atoms with Crippen LogP contribution in [-0.2, 0) is 9.59 Å². The van der Waals surface area contributed by atoms with Crippen molar-refractivity contribution in [3.63, 3.8) is 0 Å². The maximum absolute atomic E-state index is 11.0. The molecule has 0 aliphatic carbocycles. The monoisotopic (exact) mass is 189 g/mol. The van der Waals surface area contributed by atoms with E-state index in [0.717, 1.165) is 0 Å². The SMILES string of the molecule is CC(=O)N1C(C)SC[C@H]1C(=O)O. The summed E-state index contributed by atoms with van der Waals surface area (Å²) in [7, 11) is 0. The summed E-state index contributed by atoms with van der Waals surface area (Å²) in [5.41, 5.74) is 0. The summed E-state index contributed by atoms with van der Waals surface area (Å²) < 4.78 is 0. The van der Waals surface area contributed by atoms with Crippen LogP contribution < -0.4 is 0 Å². The second kappa shape index (κ2) is 3.35. The first kappa shape index (κ1) is 9.38. The molecule has 1 aliphatic heterocycles. The summed E-state index contributed by atoms with van der Waals surface area (Å²) >= 11 is 1.49. The van der Waals surface area contributed by atoms with Crippen molar-refractivity contribution in [2.75, 3.05) is 5.75 Å². The highest BCUT2D eigenvalue weighted by Gasteiger charge is 2.37. The van der Waals surface area contributed by atoms with Crippen LogP contribution >= 0.6 is 11.8 Å². The van der Waals surface area contributed by atoms with Gasteiger partial charge in [-0.1, -0.05) is 0 Å². The highest BCUT2D eigenvalue weighted by molar-refractivity contribution is 8.00. The number of carbonyl (C=O) groups excluding carboxylic acids is 1. The van der Waals surface area contributed by atoms with E-state index >= 15 is 0 Å². The van der Waals surface area contributed by atoms with Crippen LogP contribution in [0, 0.1) is 0 Å². The highest BCUT2D eigenvalue weighted by atomic mass is 32.2. The van der Waals surface area contributed by atoms with Crippen molar-refractivity contribution in [2.45, 2.75) is 25.3 Å². The lowest BCUT2D eigenvalue weighted by Crippen LogP contribution is -2.43. The predicted octanol–water partition coefficient (Wildman–Crippen LogP) is 0.381. The average molecular weight is 189 g/mol. The molecule has 68 valence electrons. The Bertz CT molecular complexity index is 219. The Kier molecular flexibility index (Phi) is 2.62. The van der Waals surface area contributed by atoms with Gasteiger partial charge in [-0.05, 0) is 6.92 Å². The lowest BCUT2D eigenvalue weighted by atomic mass is 10.3. The van der Waals surface area contributed by atoms with Crippen molar-refractivity contribution in [2.24, 2.45) is 0 Å². The van der Waals surface area contributed by atoms with E-state index in [1.54, 1.807) is 0 Å². The Labute approximate surface area is 74.9 Å². The molecule has 1 heterocycles. The fourth-order valence-electron chi connectivity index (χ4n) is 1.31. The van der Waals surface area contributed by atoms with E-state index in [4.69, 9.17) is 5.11 Å². The molecule has 1 amide bonds. The summed E-state index contributed by atoms with van der Waals surface area (Å²) in [5.74, 6) is -0.585. The lowest BCUT2D eigenvalue weighted by Gasteiger charge is -2.22. The second-order valence-corrected chi connectivity index (χ2v) is 4.06. The number of nitrogens with zero attached hydrogens (tertiary/aromatic N) is 1. The van der Waals surface area contributed by atoms with Gasteiger partial charge in [-0.15, -0.1) is 11.8 Å². The molecule has 0 aromatic heterocycles. The van der Waals surface area contributed by atoms with Crippen LogP contribution in [0.25, 0.3) is 0 Å². The molecule has 12 heavy (non-hydrogen) atoms. The van der Waals surface area contributed by atoms with Gasteiger partial charge in [0.2, 0.25) is 5.91 Å². The molecule has 5 heteroatoms. The maximum Gasteiger partial charge on any atom is 0.327 e. The predicted molar refractivity (Wildman–Crippen MR) is 45.9 cm³/mol. The van der Waals surface area contributed by atoms with Gasteiger partial charge < -0.3 is 10.0 Å². The summed E-state index contributed by atoms with van der Waals surface area (Å²) in [5, 5.41) is 8.73. The van der Waals surface area contributed by atoms with Gasteiger partial charge >= 0.3 is 5.97 Å². The van der Waals surface area contributed by atoms with Gasteiger partial charge in [0.25, 0.3) is 0 Å². The molecule has 0 saturated carbocycles. The van der Waals surface area contributed by atoms with Crippen LogP contribution in [-0.4, -0.2) is 39.1 Å². The first-order valence-electron chi connectivity index (χ1n) is 3.67. The summed E-state index contributed by atoms with van der Waals surface area (Å²) in [4.78, 5) is 23.1. The number of aliphatic carboxylic acids is 1. The Balaban J connectivity index is 2.77. The number of carboxylic acids is 1. The number of amides is 1. The largest absolute Gasteiger partial charge is 0.480 e. The van der Waals surface area contributed by atoms with Crippen LogP contribution in [0.15, 0.2) is 0 Å². The van der Waals surface area contributed by atoms with E-state index in [2.05, 4.69) is 0 Å². The smallest absolute Gasteiger partial charge is 0.327 e. The average Bonchev–Trinajstić information content (AvgIpc) is 2.30. The number of hydrogen-bond donors (Lipinski definition) is 1. The van der Waals surface area contributed by atoms with Crippen LogP contribution in [0.5, 0.6) is 0 Å². The topological polar surface area (TPSA) is 57.6 Å². The molecule has 1 rings (SSSR count). The summed E-state index contributed by atoms with van der Waals surface area (Å²) in [6.07, 6.45) is 0. The van der Waals surface area contributed by atoms with Crippen molar-refractivity contribution in [1.82, 2.24) is 4.90 Å². The van der Waals surface area contributed by atoms with Crippen LogP contribution in [0.2, 0.25) is 0 Å². The van der Waals surface area contributed by atoms with Gasteiger partial charge in [0, 0.05) is 12.7 Å². The van der Waals surface area contributed by atoms with Crippen molar-refractivity contribution in [1.29, 1.82) is 0 Å². The molecule has 0 aromatic carbocycles. The summed E-state index contributed by atoms with van der Waals surface area (Å²) in [6, 6.07) is -0.637. The number of thioether (sulfide) groups is 1. The van der Waals surface area contributed by atoms with Gasteiger partial charge in [-0.2, -0.15) is 0 Å². The van der Waals surface area contributed by atoms with E-state index in [1.165, 1.54) is 23.6 Å². The Hall–Kier alpha value is -0.710. The third-order valence-electron chi connectivity index (χ3n) is 1.87. The molecule has 1 N–H and O–H groups in total. The molecule has 1 saturated heterocycles. The number of carboxylic acid groups (broad SMARTS) is 1. The van der Waals surface area contributed by atoms with Crippen LogP contribution in [0.3, 0.4) is 0 Å². The maximum atomic E-state index is 11.0. The second-order valence-electron chi connectivity index (χ2n) is 2.71. The first-order valence-corrected chi connectivity index (χ1v) is 4.72. The first-order chi connectivity index (χ1) is 5.54. The lowest BCUT2D eigenvalue weighted by molar-refractivity contribution is -0.148. The zero-order valence-corrected chi connectivity index (χ0v) is 7.80. The van der Waals surface area contributed by atoms with E-state index in [0.29, 0.717) is 5.75 Å². The summed E-state index contributed by atoms with van der Waals surface area (Å²) in [6.45, 7) is 3.24. The fraction of sp³-hybridized carbons (Fsp3) is 0.714. The molecule has 1 unspecified atom stereocenters. The van der Waals surface area contributed by atoms with Crippen LogP contribution in [0.1, 0.15) is 13.8 Å². The quantitative estimate of drug-likeness (QED) is 0.648. The zero-order chi connectivity index (χ0) is 9.30. The molecule has 0 bridgehead atoms. The molecular weight excluding hydrogens is 178 g/mol. The van der Waals surface area contributed by atoms with E-state index < -0.39 is 12.0 Å². The van der Waals surface area contributed by atoms with Gasteiger partial charge in [0.1, 0.15) is 6.04 Å². The zero-order valence-electron chi connectivity index (χ0n) is 6.98. The third-order valence-corrected chi connectivity index (χ3v) is 3.09. The molecule has 4 nitrogen and oxygen atoms in total. The van der Waals surface area contributed by atoms with Gasteiger partial charge in [0.15, 0.2) is 0 Å². The molecule has 0 aromatic rings. The standard InChI is InChI=1S/C7H11NO3S/c1-4(9)8-5(2)12-3-6(8)7(10)11/h5-6H,3H2,1-2H3,(H,10,11)/t5?,6-/m0/s1. The van der Waals surface area contributed by atoms with E-state index in [1.807, 2.05) is 6.92 Å². The molecule has 0 radical (unpaired) electrons. The Morgan fingerprint density at radius 1 is 1.58 bits per heavy atom. The number of rotatable bonds is 1. The number of carbonyl (C=O) groups is 2. The minimum atomic E-state index is -0.915. The van der Waals surface area contributed by atoms with Crippen molar-refractivity contribution in [3.05, 3.63) is 0 Å². The Morgan fingerprint density at radius 3 is 2.50 bits per heavy atom. The van der Waals surface area contributed by atoms with Crippen LogP contribution in [0.4, 0.5) is 0 Å². The molecule has 2 atom stereocenters. The van der Waals surface area contributed by atoms with Gasteiger partial charge in [-0.25, -0.2) is 4.79 Å². The molecule has 1 aliphatic rings. The molecule has 1 fully saturated rings.